The maximum absolute atomic E-state index is 12.0. The number of pyridine rings is 1. The predicted molar refractivity (Wildman–Crippen MR) is 87.8 cm³/mol. The van der Waals surface area contributed by atoms with Crippen molar-refractivity contribution in [2.24, 2.45) is 0 Å². The van der Waals surface area contributed by atoms with Crippen LogP contribution in [0.5, 0.6) is 0 Å². The van der Waals surface area contributed by atoms with Gasteiger partial charge in [-0.1, -0.05) is 0 Å². The third kappa shape index (κ3) is 3.62. The largest absolute Gasteiger partial charge is 0.373 e. The van der Waals surface area contributed by atoms with Gasteiger partial charge in [0.05, 0.1) is 24.0 Å². The van der Waals surface area contributed by atoms with Gasteiger partial charge in [-0.3, -0.25) is 9.78 Å². The van der Waals surface area contributed by atoms with E-state index in [0.29, 0.717) is 19.3 Å². The average molecular weight is 321 g/mol. The lowest BCUT2D eigenvalue weighted by atomic mass is 9.93. The molecule has 0 N–H and O–H groups in total. The summed E-state index contributed by atoms with van der Waals surface area (Å²) in [5, 5.41) is 0. The number of rotatable bonds is 5. The van der Waals surface area contributed by atoms with Gasteiger partial charge in [0.25, 0.3) is 0 Å². The van der Waals surface area contributed by atoms with Gasteiger partial charge in [0.1, 0.15) is 0 Å². The number of thioether (sulfide) groups is 1. The molecule has 0 saturated carbocycles. The molecule has 2 fully saturated rings. The van der Waals surface area contributed by atoms with Gasteiger partial charge in [-0.2, -0.15) is 0 Å². The van der Waals surface area contributed by atoms with Crippen molar-refractivity contribution in [2.75, 3.05) is 39.5 Å². The summed E-state index contributed by atoms with van der Waals surface area (Å²) in [7, 11) is 3.86. The molecule has 1 atom stereocenters. The van der Waals surface area contributed by atoms with Crippen LogP contribution in [-0.2, 0) is 16.1 Å². The zero-order valence-electron chi connectivity index (χ0n) is 13.2. The molecule has 0 aromatic carbocycles. The van der Waals surface area contributed by atoms with Crippen LogP contribution in [0, 0.1) is 0 Å². The molecular weight excluding hydrogens is 298 g/mol. The Balaban J connectivity index is 1.43. The lowest BCUT2D eigenvalue weighted by Crippen LogP contribution is -2.62. The number of carbonyl (C=O) groups excluding carboxylic acids is 1. The van der Waals surface area contributed by atoms with Crippen LogP contribution < -0.4 is 0 Å². The number of likely N-dealkylation sites (tertiary alicyclic amines) is 1. The quantitative estimate of drug-likeness (QED) is 0.817. The van der Waals surface area contributed by atoms with Crippen molar-refractivity contribution in [3.63, 3.8) is 0 Å². The van der Waals surface area contributed by atoms with Gasteiger partial charge in [-0.25, -0.2) is 0 Å². The summed E-state index contributed by atoms with van der Waals surface area (Å²) in [5.74, 6) is 1.26. The minimum absolute atomic E-state index is 0.234. The normalized spacial score (nSPS) is 23.0. The number of nitrogens with zero attached hydrogens (tertiary/aromatic N) is 3. The maximum Gasteiger partial charge on any atom is 0.236 e. The Bertz CT molecular complexity index is 517. The van der Waals surface area contributed by atoms with Gasteiger partial charge in [0, 0.05) is 31.2 Å². The Labute approximate surface area is 136 Å². The Hall–Kier alpha value is -1.11. The predicted octanol–water partition coefficient (Wildman–Crippen LogP) is 1.25. The summed E-state index contributed by atoms with van der Waals surface area (Å²) in [6, 6.07) is 3.98. The van der Waals surface area contributed by atoms with Crippen LogP contribution in [-0.4, -0.2) is 71.0 Å². The maximum atomic E-state index is 12.0. The zero-order chi connectivity index (χ0) is 15.6. The minimum Gasteiger partial charge on any atom is -0.373 e. The number of likely N-dealkylation sites (N-methyl/N-ethyl adjacent to an activating group) is 1. The van der Waals surface area contributed by atoms with Crippen molar-refractivity contribution in [1.29, 1.82) is 0 Å². The molecule has 120 valence electrons. The summed E-state index contributed by atoms with van der Waals surface area (Å²) in [4.78, 5) is 19.9. The van der Waals surface area contributed by atoms with E-state index in [1.165, 1.54) is 0 Å². The fourth-order valence-electron chi connectivity index (χ4n) is 3.02. The molecule has 0 aliphatic carbocycles. The number of amides is 1. The van der Waals surface area contributed by atoms with Crippen LogP contribution in [0.1, 0.15) is 12.0 Å². The first-order chi connectivity index (χ1) is 10.6. The average Bonchev–Trinajstić information content (AvgIpc) is 2.88. The van der Waals surface area contributed by atoms with Crippen LogP contribution in [0.4, 0.5) is 0 Å². The molecule has 3 rings (SSSR count). The highest BCUT2D eigenvalue weighted by Crippen LogP contribution is 2.46. The lowest BCUT2D eigenvalue weighted by Gasteiger charge is -2.47. The van der Waals surface area contributed by atoms with Gasteiger partial charge in [-0.05, 0) is 38.2 Å². The lowest BCUT2D eigenvalue weighted by molar-refractivity contribution is -0.137. The monoisotopic (exact) mass is 321 g/mol. The fourth-order valence-corrected chi connectivity index (χ4v) is 4.57. The van der Waals surface area contributed by atoms with E-state index in [1.807, 2.05) is 47.8 Å². The van der Waals surface area contributed by atoms with Crippen molar-refractivity contribution in [3.8, 4) is 0 Å². The Morgan fingerprint density at radius 3 is 2.86 bits per heavy atom. The van der Waals surface area contributed by atoms with E-state index in [1.54, 1.807) is 12.4 Å². The Morgan fingerprint density at radius 1 is 1.45 bits per heavy atom. The van der Waals surface area contributed by atoms with Crippen LogP contribution in [0.3, 0.4) is 0 Å². The third-order valence-electron chi connectivity index (χ3n) is 4.17. The highest BCUT2D eigenvalue weighted by atomic mass is 32.2. The summed E-state index contributed by atoms with van der Waals surface area (Å²) >= 11 is 1.97. The van der Waals surface area contributed by atoms with Gasteiger partial charge >= 0.3 is 0 Å². The fraction of sp³-hybridized carbons (Fsp3) is 0.625. The highest BCUT2D eigenvalue weighted by Gasteiger charge is 2.50. The van der Waals surface area contributed by atoms with E-state index in [9.17, 15) is 4.79 Å². The standard InChI is InChI=1S/C16H23N3O2S/c1-18(2)8-15(20)19-11-16(12-19)7-14(10-22-16)21-9-13-3-5-17-6-4-13/h3-6,14H,7-12H2,1-2H3/t14-/m0/s1. The highest BCUT2D eigenvalue weighted by molar-refractivity contribution is 8.01. The van der Waals surface area contributed by atoms with E-state index in [4.69, 9.17) is 4.74 Å². The first-order valence-corrected chi connectivity index (χ1v) is 8.62. The molecule has 5 nitrogen and oxygen atoms in total. The first-order valence-electron chi connectivity index (χ1n) is 7.63. The van der Waals surface area contributed by atoms with Gasteiger partial charge < -0.3 is 14.5 Å². The second-order valence-electron chi connectivity index (χ2n) is 6.47. The van der Waals surface area contributed by atoms with Crippen molar-refractivity contribution >= 4 is 17.7 Å². The number of aromatic nitrogens is 1. The van der Waals surface area contributed by atoms with Crippen LogP contribution in [0.15, 0.2) is 24.5 Å². The molecule has 3 heterocycles. The first kappa shape index (κ1) is 15.8. The number of ether oxygens (including phenoxy) is 1. The van der Waals surface area contributed by atoms with E-state index in [-0.39, 0.29) is 10.7 Å². The van der Waals surface area contributed by atoms with Crippen molar-refractivity contribution in [1.82, 2.24) is 14.8 Å². The van der Waals surface area contributed by atoms with Gasteiger partial charge in [0.2, 0.25) is 5.91 Å². The van der Waals surface area contributed by atoms with E-state index >= 15 is 0 Å². The number of hydrogen-bond donors (Lipinski definition) is 0. The molecule has 2 aliphatic heterocycles. The van der Waals surface area contributed by atoms with Crippen LogP contribution in [0.25, 0.3) is 0 Å². The Kier molecular flexibility index (Phi) is 4.70. The van der Waals surface area contributed by atoms with E-state index in [2.05, 4.69) is 4.98 Å². The minimum atomic E-state index is 0.234. The molecule has 1 aromatic rings. The molecule has 2 saturated heterocycles. The smallest absolute Gasteiger partial charge is 0.236 e. The summed E-state index contributed by atoms with van der Waals surface area (Å²) < 4.78 is 6.26. The van der Waals surface area contributed by atoms with Crippen molar-refractivity contribution < 1.29 is 9.53 Å². The summed E-state index contributed by atoms with van der Waals surface area (Å²) in [5.41, 5.74) is 1.16. The number of hydrogen-bond acceptors (Lipinski definition) is 5. The molecule has 22 heavy (non-hydrogen) atoms. The molecule has 0 bridgehead atoms. The van der Waals surface area contributed by atoms with Crippen molar-refractivity contribution in [2.45, 2.75) is 23.9 Å². The van der Waals surface area contributed by atoms with Crippen LogP contribution in [0.2, 0.25) is 0 Å². The Morgan fingerprint density at radius 2 is 2.18 bits per heavy atom. The topological polar surface area (TPSA) is 45.7 Å². The zero-order valence-corrected chi connectivity index (χ0v) is 14.0. The molecule has 6 heteroatoms. The molecule has 2 aliphatic rings. The third-order valence-corrected chi connectivity index (χ3v) is 5.75. The summed E-state index contributed by atoms with van der Waals surface area (Å²) in [6.07, 6.45) is 4.94. The van der Waals surface area contributed by atoms with E-state index < -0.39 is 0 Å². The number of carbonyl (C=O) groups is 1. The molecule has 1 aromatic heterocycles. The van der Waals surface area contributed by atoms with E-state index in [0.717, 1.165) is 30.8 Å². The van der Waals surface area contributed by atoms with Gasteiger partial charge in [-0.15, -0.1) is 11.8 Å². The second kappa shape index (κ2) is 6.56. The van der Waals surface area contributed by atoms with Crippen LogP contribution >= 0.6 is 11.8 Å². The molecular formula is C16H23N3O2S. The van der Waals surface area contributed by atoms with Gasteiger partial charge in [0.15, 0.2) is 0 Å². The molecule has 0 unspecified atom stereocenters. The van der Waals surface area contributed by atoms with Crippen molar-refractivity contribution in [3.05, 3.63) is 30.1 Å². The molecule has 0 radical (unpaired) electrons. The SMILES string of the molecule is CN(C)CC(=O)N1CC2(C[C@H](OCc3ccncc3)CS2)C1. The molecule has 1 amide bonds. The molecule has 1 spiro atoms. The summed E-state index contributed by atoms with van der Waals surface area (Å²) in [6.45, 7) is 2.90. The second-order valence-corrected chi connectivity index (χ2v) is 7.96.